The highest BCUT2D eigenvalue weighted by Gasteiger charge is 2.64. The van der Waals surface area contributed by atoms with Crippen LogP contribution < -0.4 is 24.3 Å². The number of allylic oxidation sites excluding steroid dienone is 2. The van der Waals surface area contributed by atoms with Gasteiger partial charge in [-0.3, -0.25) is 0 Å². The number of methoxy groups -OCH3 is 4. The highest BCUT2D eigenvalue weighted by atomic mass is 16.5. The molecule has 2 saturated heterocycles. The molecule has 2 heterocycles. The molecule has 36 heavy (non-hydrogen) atoms. The van der Waals surface area contributed by atoms with E-state index in [-0.39, 0.29) is 24.1 Å². The van der Waals surface area contributed by atoms with Gasteiger partial charge in [-0.05, 0) is 35.4 Å². The van der Waals surface area contributed by atoms with E-state index >= 15 is 0 Å². The summed E-state index contributed by atoms with van der Waals surface area (Å²) in [5.74, 6) is 0.829. The number of nitrogens with zero attached hydrogens (tertiary/aromatic N) is 3. The first-order chi connectivity index (χ1) is 17.3. The van der Waals surface area contributed by atoms with Crippen molar-refractivity contribution in [3.8, 4) is 41.2 Å². The maximum Gasteiger partial charge on any atom is 0.160 e. The molecule has 2 aromatic carbocycles. The number of fused-ring (bicyclic) bond motifs is 3. The van der Waals surface area contributed by atoms with Crippen LogP contribution in [-0.4, -0.2) is 39.3 Å². The predicted molar refractivity (Wildman–Crippen MR) is 128 cm³/mol. The first-order valence-corrected chi connectivity index (χ1v) is 11.2. The quantitative estimate of drug-likeness (QED) is 0.587. The van der Waals surface area contributed by atoms with Crippen molar-refractivity contribution in [1.29, 1.82) is 15.8 Å². The van der Waals surface area contributed by atoms with Crippen LogP contribution in [0.1, 0.15) is 35.8 Å². The van der Waals surface area contributed by atoms with Crippen LogP contribution in [0.15, 0.2) is 47.7 Å². The fourth-order valence-corrected chi connectivity index (χ4v) is 5.63. The van der Waals surface area contributed by atoms with Crippen molar-refractivity contribution in [3.63, 3.8) is 0 Å². The molecule has 1 saturated carbocycles. The normalized spacial score (nSPS) is 26.0. The lowest BCUT2D eigenvalue weighted by Crippen LogP contribution is -2.64. The van der Waals surface area contributed by atoms with Crippen LogP contribution in [-0.2, 0) is 0 Å². The van der Waals surface area contributed by atoms with Gasteiger partial charge in [0.1, 0.15) is 28.9 Å². The lowest BCUT2D eigenvalue weighted by Gasteiger charge is -2.58. The fourth-order valence-electron chi connectivity index (χ4n) is 5.63. The van der Waals surface area contributed by atoms with Crippen LogP contribution in [0.2, 0.25) is 0 Å². The van der Waals surface area contributed by atoms with Crippen LogP contribution in [0.5, 0.6) is 23.0 Å². The molecular formula is C27H26N4O5. The van der Waals surface area contributed by atoms with Crippen molar-refractivity contribution in [2.45, 2.75) is 30.4 Å². The van der Waals surface area contributed by atoms with Crippen molar-refractivity contribution >= 4 is 0 Å². The van der Waals surface area contributed by atoms with Crippen LogP contribution in [0.3, 0.4) is 0 Å². The summed E-state index contributed by atoms with van der Waals surface area (Å²) >= 11 is 0. The molecule has 0 amide bonds. The van der Waals surface area contributed by atoms with Crippen molar-refractivity contribution in [3.05, 3.63) is 58.8 Å². The Labute approximate surface area is 209 Å². The first-order valence-electron chi connectivity index (χ1n) is 11.2. The fraction of sp³-hybridized carbons (Fsp3) is 0.370. The van der Waals surface area contributed by atoms with Gasteiger partial charge in [0, 0.05) is 24.7 Å². The maximum atomic E-state index is 11.7. The van der Waals surface area contributed by atoms with E-state index in [4.69, 9.17) is 18.9 Å². The molecule has 2 atom stereocenters. The molecule has 9 nitrogen and oxygen atoms in total. The number of ether oxygens (including phenoxy) is 4. The van der Waals surface area contributed by atoms with Crippen LogP contribution in [0, 0.1) is 39.4 Å². The van der Waals surface area contributed by atoms with E-state index < -0.39 is 23.0 Å². The highest BCUT2D eigenvalue weighted by Crippen LogP contribution is 2.64. The highest BCUT2D eigenvalue weighted by molar-refractivity contribution is 5.56. The van der Waals surface area contributed by atoms with E-state index in [2.05, 4.69) is 11.4 Å². The standard InChI is InChI=1S/C27H26N4O5/c1-33-21-7-5-16(9-23(21)35-3)19-11-26(32)12-20(17-6-8-22(34-2)24(10-17)36-4)27(19,15-30)25(31-26)18(13-28)14-29/h5-10,19-20,31-32H,11-12H2,1-4H3. The molecular weight excluding hydrogens is 460 g/mol. The zero-order valence-electron chi connectivity index (χ0n) is 20.5. The molecule has 184 valence electrons. The largest absolute Gasteiger partial charge is 0.493 e. The number of benzene rings is 2. The van der Waals surface area contributed by atoms with Gasteiger partial charge < -0.3 is 29.4 Å². The maximum absolute atomic E-state index is 11.7. The smallest absolute Gasteiger partial charge is 0.160 e. The summed E-state index contributed by atoms with van der Waals surface area (Å²) in [6.07, 6.45) is 0.376. The Balaban J connectivity index is 2.02. The summed E-state index contributed by atoms with van der Waals surface area (Å²) in [6, 6.07) is 17.0. The summed E-state index contributed by atoms with van der Waals surface area (Å²) in [7, 11) is 6.10. The van der Waals surface area contributed by atoms with Crippen molar-refractivity contribution in [2.75, 3.05) is 28.4 Å². The second kappa shape index (κ2) is 9.34. The number of nitrogens with one attached hydrogen (secondary N) is 1. The SMILES string of the molecule is COc1ccc(C2CC3(O)CC(c4ccc(OC)c(OC)c4)C2(C#N)C(=C(C#N)C#N)N3)cc1OC. The lowest BCUT2D eigenvalue weighted by atomic mass is 9.50. The summed E-state index contributed by atoms with van der Waals surface area (Å²) < 4.78 is 21.7. The topological polar surface area (TPSA) is 141 Å². The Morgan fingerprint density at radius 2 is 1.25 bits per heavy atom. The molecule has 2 N–H and O–H groups in total. The predicted octanol–water partition coefficient (Wildman–Crippen LogP) is 3.49. The van der Waals surface area contributed by atoms with Crippen molar-refractivity contribution in [2.24, 2.45) is 5.41 Å². The van der Waals surface area contributed by atoms with Gasteiger partial charge in [0.25, 0.3) is 0 Å². The average Bonchev–Trinajstić information content (AvgIpc) is 2.92. The van der Waals surface area contributed by atoms with Gasteiger partial charge in [-0.25, -0.2) is 0 Å². The minimum atomic E-state index is -1.47. The molecule has 3 fully saturated rings. The Morgan fingerprint density at radius 3 is 1.61 bits per heavy atom. The van der Waals surface area contributed by atoms with Crippen LogP contribution in [0.25, 0.3) is 0 Å². The minimum Gasteiger partial charge on any atom is -0.493 e. The van der Waals surface area contributed by atoms with E-state index in [1.165, 1.54) is 28.4 Å². The van der Waals surface area contributed by atoms with Crippen LogP contribution >= 0.6 is 0 Å². The minimum absolute atomic E-state index is 0.120. The van der Waals surface area contributed by atoms with Gasteiger partial charge in [-0.1, -0.05) is 12.1 Å². The van der Waals surface area contributed by atoms with E-state index in [9.17, 15) is 20.9 Å². The Hall–Kier alpha value is -4.39. The lowest BCUT2D eigenvalue weighted by molar-refractivity contribution is -0.0933. The van der Waals surface area contributed by atoms with E-state index in [1.807, 2.05) is 24.3 Å². The Kier molecular flexibility index (Phi) is 6.41. The molecule has 2 bridgehead atoms. The van der Waals surface area contributed by atoms with Gasteiger partial charge >= 0.3 is 0 Å². The second-order valence-corrected chi connectivity index (χ2v) is 8.85. The number of hydrogen-bond acceptors (Lipinski definition) is 9. The molecule has 2 aliphatic heterocycles. The third-order valence-electron chi connectivity index (χ3n) is 7.23. The average molecular weight is 487 g/mol. The number of piperidine rings is 2. The van der Waals surface area contributed by atoms with E-state index in [0.29, 0.717) is 34.1 Å². The third kappa shape index (κ3) is 3.64. The molecule has 0 radical (unpaired) electrons. The molecule has 0 spiro atoms. The first kappa shape index (κ1) is 24.7. The van der Waals surface area contributed by atoms with Gasteiger partial charge in [-0.15, -0.1) is 0 Å². The summed E-state index contributed by atoms with van der Waals surface area (Å²) in [6.45, 7) is 0. The zero-order chi connectivity index (χ0) is 26.1. The molecule has 0 aromatic heterocycles. The Morgan fingerprint density at radius 1 is 0.806 bits per heavy atom. The third-order valence-corrected chi connectivity index (χ3v) is 7.23. The summed E-state index contributed by atoms with van der Waals surface area (Å²) in [5, 5.41) is 45.1. The van der Waals surface area contributed by atoms with Gasteiger partial charge in [-0.2, -0.15) is 15.8 Å². The second-order valence-electron chi connectivity index (χ2n) is 8.85. The molecule has 1 aliphatic carbocycles. The molecule has 2 unspecified atom stereocenters. The molecule has 5 rings (SSSR count). The number of aliphatic hydroxyl groups is 1. The monoisotopic (exact) mass is 486 g/mol. The Bertz CT molecular complexity index is 1270. The van der Waals surface area contributed by atoms with E-state index in [1.54, 1.807) is 24.3 Å². The molecule has 9 heteroatoms. The molecule has 3 aliphatic rings. The molecule has 2 aromatic rings. The van der Waals surface area contributed by atoms with Crippen LogP contribution in [0.4, 0.5) is 0 Å². The van der Waals surface area contributed by atoms with E-state index in [0.717, 1.165) is 0 Å². The zero-order valence-corrected chi connectivity index (χ0v) is 20.5. The van der Waals surface area contributed by atoms with Gasteiger partial charge in [0.15, 0.2) is 23.0 Å². The van der Waals surface area contributed by atoms with Gasteiger partial charge in [0.2, 0.25) is 0 Å². The summed E-state index contributed by atoms with van der Waals surface area (Å²) in [5.41, 5.74) is -1.54. The van der Waals surface area contributed by atoms with Gasteiger partial charge in [0.05, 0.1) is 40.2 Å². The number of hydrogen-bond donors (Lipinski definition) is 2. The number of rotatable bonds is 6. The number of nitriles is 3. The summed E-state index contributed by atoms with van der Waals surface area (Å²) in [4.78, 5) is 0. The van der Waals surface area contributed by atoms with Crippen molar-refractivity contribution < 1.29 is 24.1 Å². The van der Waals surface area contributed by atoms with Crippen molar-refractivity contribution in [1.82, 2.24) is 5.32 Å².